The fourth-order valence-corrected chi connectivity index (χ4v) is 6.41. The van der Waals surface area contributed by atoms with Gasteiger partial charge in [-0.15, -0.1) is 0 Å². The van der Waals surface area contributed by atoms with E-state index in [2.05, 4.69) is 29.1 Å². The lowest BCUT2D eigenvalue weighted by Gasteiger charge is -2.65. The number of anilines is 1. The van der Waals surface area contributed by atoms with E-state index >= 15 is 0 Å². The van der Waals surface area contributed by atoms with Gasteiger partial charge in [0.15, 0.2) is 0 Å². The van der Waals surface area contributed by atoms with Crippen molar-refractivity contribution < 1.29 is 0 Å². The Morgan fingerprint density at radius 1 is 1.15 bits per heavy atom. The first-order valence-corrected chi connectivity index (χ1v) is 8.02. The van der Waals surface area contributed by atoms with Crippen molar-refractivity contribution in [2.45, 2.75) is 57.9 Å². The standard InChI is InChI=1S/C16H22ClN3/c1-14-5-11-6-15(2,8-14)10-16(7-11,9-14)20-12-3-4-18-13(17)19-12/h3-4,11H,5-10H2,1-2H3,(H,18,19,20). The van der Waals surface area contributed by atoms with E-state index in [4.69, 9.17) is 11.6 Å². The number of aromatic nitrogens is 2. The summed E-state index contributed by atoms with van der Waals surface area (Å²) in [5.74, 6) is 1.77. The molecule has 1 aromatic heterocycles. The lowest BCUT2D eigenvalue weighted by molar-refractivity contribution is -0.0973. The van der Waals surface area contributed by atoms with E-state index in [1.54, 1.807) is 6.20 Å². The minimum atomic E-state index is 0.223. The molecule has 0 spiro atoms. The Labute approximate surface area is 125 Å². The summed E-state index contributed by atoms with van der Waals surface area (Å²) in [5, 5.41) is 4.07. The molecule has 4 heteroatoms. The number of halogens is 1. The maximum atomic E-state index is 5.92. The predicted molar refractivity (Wildman–Crippen MR) is 80.8 cm³/mol. The molecule has 0 aliphatic heterocycles. The molecule has 2 unspecified atom stereocenters. The Balaban J connectivity index is 1.67. The van der Waals surface area contributed by atoms with Crippen molar-refractivity contribution in [1.82, 2.24) is 9.97 Å². The second-order valence-electron chi connectivity index (χ2n) is 8.25. The Morgan fingerprint density at radius 3 is 2.45 bits per heavy atom. The SMILES string of the molecule is CC12CC3CC(C)(C1)CC(Nc1ccnc(Cl)n1)(C3)C2. The summed E-state index contributed by atoms with van der Waals surface area (Å²) >= 11 is 5.92. The van der Waals surface area contributed by atoms with Crippen molar-refractivity contribution >= 4 is 17.4 Å². The Kier molecular flexibility index (Phi) is 2.50. The lowest BCUT2D eigenvalue weighted by Crippen LogP contribution is -2.61. The summed E-state index contributed by atoms with van der Waals surface area (Å²) in [6.07, 6.45) is 9.79. The zero-order valence-corrected chi connectivity index (χ0v) is 13.0. The molecule has 4 bridgehead atoms. The predicted octanol–water partition coefficient (Wildman–Crippen LogP) is 4.29. The molecule has 0 saturated heterocycles. The molecule has 1 aromatic rings. The zero-order chi connectivity index (χ0) is 14.0. The number of rotatable bonds is 2. The molecule has 2 atom stereocenters. The average Bonchev–Trinajstić information content (AvgIpc) is 2.22. The number of nitrogens with zero attached hydrogens (tertiary/aromatic N) is 2. The monoisotopic (exact) mass is 291 g/mol. The smallest absolute Gasteiger partial charge is 0.224 e. The van der Waals surface area contributed by atoms with Crippen molar-refractivity contribution in [3.05, 3.63) is 17.5 Å². The summed E-state index contributed by atoms with van der Waals surface area (Å²) in [4.78, 5) is 8.31. The molecule has 1 heterocycles. The van der Waals surface area contributed by atoms with Crippen molar-refractivity contribution in [2.24, 2.45) is 16.7 Å². The fraction of sp³-hybridized carbons (Fsp3) is 0.750. The highest BCUT2D eigenvalue weighted by Gasteiger charge is 2.60. The molecule has 4 aliphatic carbocycles. The molecule has 5 rings (SSSR count). The van der Waals surface area contributed by atoms with E-state index in [1.807, 2.05) is 6.07 Å². The topological polar surface area (TPSA) is 37.8 Å². The first kappa shape index (κ1) is 12.9. The van der Waals surface area contributed by atoms with Crippen LogP contribution in [-0.2, 0) is 0 Å². The number of hydrogen-bond donors (Lipinski definition) is 1. The maximum absolute atomic E-state index is 5.92. The van der Waals surface area contributed by atoms with Gasteiger partial charge in [-0.25, -0.2) is 9.97 Å². The first-order valence-electron chi connectivity index (χ1n) is 7.65. The Bertz CT molecular complexity index is 540. The van der Waals surface area contributed by atoms with Crippen LogP contribution >= 0.6 is 11.6 Å². The molecule has 3 nitrogen and oxygen atoms in total. The minimum Gasteiger partial charge on any atom is -0.364 e. The van der Waals surface area contributed by atoms with E-state index in [0.717, 1.165) is 11.7 Å². The van der Waals surface area contributed by atoms with Crippen LogP contribution < -0.4 is 5.32 Å². The minimum absolute atomic E-state index is 0.223. The van der Waals surface area contributed by atoms with Gasteiger partial charge in [0, 0.05) is 11.7 Å². The summed E-state index contributed by atoms with van der Waals surface area (Å²) in [5.41, 5.74) is 1.25. The van der Waals surface area contributed by atoms with Crippen molar-refractivity contribution in [3.8, 4) is 0 Å². The highest BCUT2D eigenvalue weighted by atomic mass is 35.5. The largest absolute Gasteiger partial charge is 0.364 e. The Morgan fingerprint density at radius 2 is 1.85 bits per heavy atom. The fourth-order valence-electron chi connectivity index (χ4n) is 6.26. The van der Waals surface area contributed by atoms with Crippen LogP contribution in [0.1, 0.15) is 52.4 Å². The molecular formula is C16H22ClN3. The van der Waals surface area contributed by atoms with E-state index in [1.165, 1.54) is 38.5 Å². The summed E-state index contributed by atoms with van der Waals surface area (Å²) in [6, 6.07) is 1.94. The summed E-state index contributed by atoms with van der Waals surface area (Å²) < 4.78 is 0. The van der Waals surface area contributed by atoms with Gasteiger partial charge >= 0.3 is 0 Å². The van der Waals surface area contributed by atoms with Gasteiger partial charge in [-0.2, -0.15) is 0 Å². The highest BCUT2D eigenvalue weighted by Crippen LogP contribution is 2.66. The summed E-state index contributed by atoms with van der Waals surface area (Å²) in [7, 11) is 0. The molecule has 108 valence electrons. The van der Waals surface area contributed by atoms with Crippen LogP contribution in [0.3, 0.4) is 0 Å². The van der Waals surface area contributed by atoms with Crippen LogP contribution in [0.2, 0.25) is 5.28 Å². The van der Waals surface area contributed by atoms with Gasteiger partial charge in [0.05, 0.1) is 0 Å². The third kappa shape index (κ3) is 2.02. The summed E-state index contributed by atoms with van der Waals surface area (Å²) in [6.45, 7) is 4.97. The van der Waals surface area contributed by atoms with Gasteiger partial charge in [0.1, 0.15) is 5.82 Å². The highest BCUT2D eigenvalue weighted by molar-refractivity contribution is 6.28. The second kappa shape index (κ2) is 3.88. The molecule has 4 fully saturated rings. The van der Waals surface area contributed by atoms with Crippen molar-refractivity contribution in [3.63, 3.8) is 0 Å². The lowest BCUT2D eigenvalue weighted by atomic mass is 9.43. The van der Waals surface area contributed by atoms with Gasteiger partial charge in [0.25, 0.3) is 0 Å². The zero-order valence-electron chi connectivity index (χ0n) is 12.2. The van der Waals surface area contributed by atoms with Gasteiger partial charge in [-0.05, 0) is 72.9 Å². The molecular weight excluding hydrogens is 270 g/mol. The van der Waals surface area contributed by atoms with Crippen molar-refractivity contribution in [2.75, 3.05) is 5.32 Å². The van der Waals surface area contributed by atoms with E-state index in [0.29, 0.717) is 16.1 Å². The third-order valence-corrected chi connectivity index (χ3v) is 5.83. The van der Waals surface area contributed by atoms with Gasteiger partial charge in [0.2, 0.25) is 5.28 Å². The van der Waals surface area contributed by atoms with Crippen LogP contribution in [0.4, 0.5) is 5.82 Å². The van der Waals surface area contributed by atoms with Crippen molar-refractivity contribution in [1.29, 1.82) is 0 Å². The van der Waals surface area contributed by atoms with E-state index in [9.17, 15) is 0 Å². The van der Waals surface area contributed by atoms with Gasteiger partial charge < -0.3 is 5.32 Å². The molecule has 4 aliphatic rings. The molecule has 0 radical (unpaired) electrons. The first-order chi connectivity index (χ1) is 9.38. The normalized spacial score (nSPS) is 45.6. The van der Waals surface area contributed by atoms with Crippen LogP contribution in [0.5, 0.6) is 0 Å². The Hall–Kier alpha value is -0.830. The second-order valence-corrected chi connectivity index (χ2v) is 8.58. The van der Waals surface area contributed by atoms with Crippen LogP contribution in [-0.4, -0.2) is 15.5 Å². The average molecular weight is 292 g/mol. The number of hydrogen-bond acceptors (Lipinski definition) is 3. The molecule has 0 aromatic carbocycles. The van der Waals surface area contributed by atoms with Crippen LogP contribution in [0, 0.1) is 16.7 Å². The van der Waals surface area contributed by atoms with Gasteiger partial charge in [-0.1, -0.05) is 13.8 Å². The molecule has 1 N–H and O–H groups in total. The number of nitrogens with one attached hydrogen (secondary N) is 1. The van der Waals surface area contributed by atoms with Gasteiger partial charge in [-0.3, -0.25) is 0 Å². The molecule has 0 amide bonds. The maximum Gasteiger partial charge on any atom is 0.224 e. The van der Waals surface area contributed by atoms with Crippen LogP contribution in [0.15, 0.2) is 12.3 Å². The van der Waals surface area contributed by atoms with Crippen LogP contribution in [0.25, 0.3) is 0 Å². The van der Waals surface area contributed by atoms with E-state index < -0.39 is 0 Å². The molecule has 20 heavy (non-hydrogen) atoms. The molecule has 4 saturated carbocycles. The van der Waals surface area contributed by atoms with E-state index in [-0.39, 0.29) is 5.54 Å². The third-order valence-electron chi connectivity index (χ3n) is 5.65. The quantitative estimate of drug-likeness (QED) is 0.826.